The Morgan fingerprint density at radius 1 is 1.33 bits per heavy atom. The SMILES string of the molecule is Cc1cc(NCCN(C)C)c2cccc(F)c2n1. The summed E-state index contributed by atoms with van der Waals surface area (Å²) in [5.74, 6) is -0.271. The van der Waals surface area contributed by atoms with E-state index in [-0.39, 0.29) is 5.82 Å². The van der Waals surface area contributed by atoms with Crippen LogP contribution in [0.25, 0.3) is 10.9 Å². The van der Waals surface area contributed by atoms with E-state index in [0.29, 0.717) is 5.52 Å². The van der Waals surface area contributed by atoms with Gasteiger partial charge in [0.15, 0.2) is 0 Å². The molecule has 1 aromatic heterocycles. The standard InChI is InChI=1S/C14H18FN3/c1-10-9-13(16-7-8-18(2)3)11-5-4-6-12(15)14(11)17-10/h4-6,9H,7-8H2,1-3H3,(H,16,17). The molecule has 2 rings (SSSR count). The highest BCUT2D eigenvalue weighted by atomic mass is 19.1. The molecule has 1 N–H and O–H groups in total. The molecule has 2 aromatic rings. The zero-order chi connectivity index (χ0) is 13.1. The molecule has 0 saturated carbocycles. The summed E-state index contributed by atoms with van der Waals surface area (Å²) >= 11 is 0. The maximum absolute atomic E-state index is 13.7. The van der Waals surface area contributed by atoms with Gasteiger partial charge in [0.2, 0.25) is 0 Å². The highest BCUT2D eigenvalue weighted by Crippen LogP contribution is 2.24. The van der Waals surface area contributed by atoms with Crippen molar-refractivity contribution in [1.29, 1.82) is 0 Å². The van der Waals surface area contributed by atoms with E-state index in [0.717, 1.165) is 29.9 Å². The molecule has 0 aliphatic heterocycles. The van der Waals surface area contributed by atoms with Gasteiger partial charge in [-0.05, 0) is 33.2 Å². The molecule has 0 fully saturated rings. The highest BCUT2D eigenvalue weighted by Gasteiger charge is 2.07. The Hall–Kier alpha value is -1.68. The van der Waals surface area contributed by atoms with Crippen LogP contribution in [0.5, 0.6) is 0 Å². The van der Waals surface area contributed by atoms with Crippen LogP contribution >= 0.6 is 0 Å². The fraction of sp³-hybridized carbons (Fsp3) is 0.357. The van der Waals surface area contributed by atoms with E-state index in [1.54, 1.807) is 6.07 Å². The van der Waals surface area contributed by atoms with Crippen LogP contribution in [0.1, 0.15) is 5.69 Å². The number of nitrogens with zero attached hydrogens (tertiary/aromatic N) is 2. The molecule has 0 radical (unpaired) electrons. The van der Waals surface area contributed by atoms with Crippen molar-refractivity contribution in [3.05, 3.63) is 35.8 Å². The molecule has 1 heterocycles. The van der Waals surface area contributed by atoms with Gasteiger partial charge in [-0.15, -0.1) is 0 Å². The van der Waals surface area contributed by atoms with E-state index in [1.165, 1.54) is 6.07 Å². The Kier molecular flexibility index (Phi) is 3.77. The Balaban J connectivity index is 2.34. The average Bonchev–Trinajstić information content (AvgIpc) is 2.30. The first kappa shape index (κ1) is 12.8. The number of benzene rings is 1. The third-order valence-electron chi connectivity index (χ3n) is 2.79. The number of nitrogens with one attached hydrogen (secondary N) is 1. The number of hydrogen-bond donors (Lipinski definition) is 1. The van der Waals surface area contributed by atoms with Crippen LogP contribution in [0.15, 0.2) is 24.3 Å². The molecule has 96 valence electrons. The lowest BCUT2D eigenvalue weighted by molar-refractivity contribution is 0.425. The first-order chi connectivity index (χ1) is 8.58. The fourth-order valence-corrected chi connectivity index (χ4v) is 1.90. The van der Waals surface area contributed by atoms with Gasteiger partial charge in [0.1, 0.15) is 11.3 Å². The van der Waals surface area contributed by atoms with Crippen LogP contribution in [0.4, 0.5) is 10.1 Å². The summed E-state index contributed by atoms with van der Waals surface area (Å²) in [6, 6.07) is 7.00. The molecule has 0 aliphatic rings. The van der Waals surface area contributed by atoms with E-state index in [1.807, 2.05) is 33.2 Å². The van der Waals surface area contributed by atoms with Crippen molar-refractivity contribution >= 4 is 16.6 Å². The van der Waals surface area contributed by atoms with Crippen LogP contribution in [0.2, 0.25) is 0 Å². The van der Waals surface area contributed by atoms with Crippen molar-refractivity contribution in [2.75, 3.05) is 32.5 Å². The highest BCUT2D eigenvalue weighted by molar-refractivity contribution is 5.91. The number of anilines is 1. The molecule has 3 nitrogen and oxygen atoms in total. The lowest BCUT2D eigenvalue weighted by atomic mass is 10.1. The third kappa shape index (κ3) is 2.76. The first-order valence-corrected chi connectivity index (χ1v) is 6.02. The summed E-state index contributed by atoms with van der Waals surface area (Å²) in [7, 11) is 4.05. The van der Waals surface area contributed by atoms with Crippen molar-refractivity contribution < 1.29 is 4.39 Å². The lowest BCUT2D eigenvalue weighted by Gasteiger charge is -2.13. The van der Waals surface area contributed by atoms with Gasteiger partial charge in [-0.25, -0.2) is 9.37 Å². The molecule has 0 aliphatic carbocycles. The number of hydrogen-bond acceptors (Lipinski definition) is 3. The van der Waals surface area contributed by atoms with E-state index >= 15 is 0 Å². The summed E-state index contributed by atoms with van der Waals surface area (Å²) in [6.07, 6.45) is 0. The summed E-state index contributed by atoms with van der Waals surface area (Å²) in [6.45, 7) is 3.63. The van der Waals surface area contributed by atoms with Gasteiger partial charge in [-0.1, -0.05) is 12.1 Å². The normalized spacial score (nSPS) is 11.2. The van der Waals surface area contributed by atoms with E-state index < -0.39 is 0 Å². The number of aromatic nitrogens is 1. The van der Waals surface area contributed by atoms with Crippen LogP contribution in [-0.4, -0.2) is 37.1 Å². The molecule has 0 bridgehead atoms. The van der Waals surface area contributed by atoms with Crippen molar-refractivity contribution in [3.63, 3.8) is 0 Å². The van der Waals surface area contributed by atoms with Gasteiger partial charge < -0.3 is 10.2 Å². The fourth-order valence-electron chi connectivity index (χ4n) is 1.90. The zero-order valence-corrected chi connectivity index (χ0v) is 11.0. The van der Waals surface area contributed by atoms with Gasteiger partial charge in [-0.3, -0.25) is 0 Å². The van der Waals surface area contributed by atoms with Crippen molar-refractivity contribution in [2.45, 2.75) is 6.92 Å². The smallest absolute Gasteiger partial charge is 0.149 e. The van der Waals surface area contributed by atoms with Gasteiger partial charge in [0, 0.05) is 29.9 Å². The van der Waals surface area contributed by atoms with Crippen LogP contribution < -0.4 is 5.32 Å². The predicted octanol–water partition coefficient (Wildman–Crippen LogP) is 2.66. The maximum atomic E-state index is 13.7. The molecular formula is C14H18FN3. The van der Waals surface area contributed by atoms with E-state index in [4.69, 9.17) is 0 Å². The average molecular weight is 247 g/mol. The Labute approximate surface area is 107 Å². The maximum Gasteiger partial charge on any atom is 0.149 e. The van der Waals surface area contributed by atoms with Crippen LogP contribution in [-0.2, 0) is 0 Å². The Bertz CT molecular complexity index is 552. The van der Waals surface area contributed by atoms with Crippen LogP contribution in [0, 0.1) is 12.7 Å². The number of aryl methyl sites for hydroxylation is 1. The Morgan fingerprint density at radius 2 is 2.11 bits per heavy atom. The second-order valence-corrected chi connectivity index (χ2v) is 4.68. The van der Waals surface area contributed by atoms with Crippen LogP contribution in [0.3, 0.4) is 0 Å². The largest absolute Gasteiger partial charge is 0.383 e. The van der Waals surface area contributed by atoms with Gasteiger partial charge in [0.05, 0.1) is 0 Å². The van der Waals surface area contributed by atoms with E-state index in [2.05, 4.69) is 15.2 Å². The number of pyridine rings is 1. The summed E-state index contributed by atoms with van der Waals surface area (Å²) in [5.41, 5.74) is 2.20. The van der Waals surface area contributed by atoms with Gasteiger partial charge in [-0.2, -0.15) is 0 Å². The lowest BCUT2D eigenvalue weighted by Crippen LogP contribution is -2.20. The number of fused-ring (bicyclic) bond motifs is 1. The quantitative estimate of drug-likeness (QED) is 0.900. The number of likely N-dealkylation sites (N-methyl/N-ethyl adjacent to an activating group) is 1. The molecule has 1 aromatic carbocycles. The third-order valence-corrected chi connectivity index (χ3v) is 2.79. The topological polar surface area (TPSA) is 28.2 Å². The molecule has 0 saturated heterocycles. The molecule has 4 heteroatoms. The molecular weight excluding hydrogens is 229 g/mol. The number of rotatable bonds is 4. The first-order valence-electron chi connectivity index (χ1n) is 6.02. The minimum Gasteiger partial charge on any atom is -0.383 e. The van der Waals surface area contributed by atoms with Crippen molar-refractivity contribution in [1.82, 2.24) is 9.88 Å². The van der Waals surface area contributed by atoms with Crippen molar-refractivity contribution in [2.24, 2.45) is 0 Å². The molecule has 0 amide bonds. The van der Waals surface area contributed by atoms with Gasteiger partial charge >= 0.3 is 0 Å². The molecule has 18 heavy (non-hydrogen) atoms. The van der Waals surface area contributed by atoms with Crippen molar-refractivity contribution in [3.8, 4) is 0 Å². The monoisotopic (exact) mass is 247 g/mol. The number of halogens is 1. The Morgan fingerprint density at radius 3 is 2.83 bits per heavy atom. The van der Waals surface area contributed by atoms with Gasteiger partial charge in [0.25, 0.3) is 0 Å². The second kappa shape index (κ2) is 5.31. The van der Waals surface area contributed by atoms with E-state index in [9.17, 15) is 4.39 Å². The second-order valence-electron chi connectivity index (χ2n) is 4.68. The summed E-state index contributed by atoms with van der Waals surface area (Å²) < 4.78 is 13.7. The summed E-state index contributed by atoms with van der Waals surface area (Å²) in [5, 5.41) is 4.17. The summed E-state index contributed by atoms with van der Waals surface area (Å²) in [4.78, 5) is 6.35. The minimum absolute atomic E-state index is 0.271. The molecule has 0 unspecified atom stereocenters. The molecule has 0 spiro atoms. The number of para-hydroxylation sites is 1. The minimum atomic E-state index is -0.271. The predicted molar refractivity (Wildman–Crippen MR) is 73.5 cm³/mol. The zero-order valence-electron chi connectivity index (χ0n) is 11.0. The molecule has 0 atom stereocenters.